The van der Waals surface area contributed by atoms with E-state index in [1.807, 2.05) is 6.92 Å². The lowest BCUT2D eigenvalue weighted by molar-refractivity contribution is -0.140. The van der Waals surface area contributed by atoms with Gasteiger partial charge in [-0.15, -0.1) is 0 Å². The lowest BCUT2D eigenvalue weighted by atomic mass is 9.74. The van der Waals surface area contributed by atoms with Crippen LogP contribution in [0.15, 0.2) is 48.5 Å². The van der Waals surface area contributed by atoms with Gasteiger partial charge in [0.2, 0.25) is 5.91 Å². The molecular weight excluding hydrogens is 461 g/mol. The van der Waals surface area contributed by atoms with Crippen molar-refractivity contribution >= 4 is 11.9 Å². The van der Waals surface area contributed by atoms with Crippen LogP contribution in [-0.4, -0.2) is 48.6 Å². The Morgan fingerprint density at radius 3 is 2.46 bits per heavy atom. The number of alkyl halides is 3. The fourth-order valence-corrected chi connectivity index (χ4v) is 4.79. The van der Waals surface area contributed by atoms with E-state index in [-0.39, 0.29) is 23.8 Å². The predicted molar refractivity (Wildman–Crippen MR) is 123 cm³/mol. The summed E-state index contributed by atoms with van der Waals surface area (Å²) in [6.07, 6.45) is -1.69. The molecule has 1 amide bonds. The molecule has 0 bridgehead atoms. The number of nitrogens with one attached hydrogen (secondary N) is 1. The quantitative estimate of drug-likeness (QED) is 0.568. The molecule has 4 rings (SSSR count). The molecule has 1 aliphatic carbocycles. The molecule has 188 valence electrons. The van der Waals surface area contributed by atoms with Crippen molar-refractivity contribution in [1.82, 2.24) is 10.2 Å². The summed E-state index contributed by atoms with van der Waals surface area (Å²) in [6.45, 7) is 3.01. The molecular formula is C26H29F3N2O4. The van der Waals surface area contributed by atoms with Crippen LogP contribution >= 0.6 is 0 Å². The SMILES string of the molecule is COC(=O)c1ccc(C(C)NC(=O)C2(N3CC[C@@H](Oc4cccc(C(F)(F)F)c4)C3)CCC2)cc1. The van der Waals surface area contributed by atoms with E-state index in [1.165, 1.54) is 19.2 Å². The highest BCUT2D eigenvalue weighted by molar-refractivity contribution is 5.89. The van der Waals surface area contributed by atoms with E-state index >= 15 is 0 Å². The van der Waals surface area contributed by atoms with Crippen molar-refractivity contribution in [2.45, 2.75) is 56.5 Å². The number of methoxy groups -OCH3 is 1. The zero-order valence-corrected chi connectivity index (χ0v) is 19.7. The number of ether oxygens (including phenoxy) is 2. The maximum atomic E-state index is 13.4. The fourth-order valence-electron chi connectivity index (χ4n) is 4.79. The number of benzene rings is 2. The Morgan fingerprint density at radius 1 is 1.14 bits per heavy atom. The average molecular weight is 491 g/mol. The number of rotatable bonds is 7. The second-order valence-corrected chi connectivity index (χ2v) is 9.19. The summed E-state index contributed by atoms with van der Waals surface area (Å²) in [6, 6.07) is 11.6. The van der Waals surface area contributed by atoms with E-state index in [0.717, 1.165) is 37.0 Å². The van der Waals surface area contributed by atoms with Crippen molar-refractivity contribution in [3.63, 3.8) is 0 Å². The maximum absolute atomic E-state index is 13.4. The number of likely N-dealkylation sites (tertiary alicyclic amines) is 1. The molecule has 2 aromatic carbocycles. The minimum absolute atomic E-state index is 0.0620. The van der Waals surface area contributed by atoms with Crippen molar-refractivity contribution < 1.29 is 32.2 Å². The van der Waals surface area contributed by atoms with Crippen LogP contribution in [0.3, 0.4) is 0 Å². The molecule has 0 spiro atoms. The van der Waals surface area contributed by atoms with Crippen LogP contribution in [0, 0.1) is 0 Å². The summed E-state index contributed by atoms with van der Waals surface area (Å²) in [5, 5.41) is 3.10. The maximum Gasteiger partial charge on any atom is 0.416 e. The highest BCUT2D eigenvalue weighted by atomic mass is 19.4. The molecule has 1 unspecified atom stereocenters. The summed E-state index contributed by atoms with van der Waals surface area (Å²) in [5.41, 5.74) is -0.0679. The largest absolute Gasteiger partial charge is 0.489 e. The number of halogens is 3. The van der Waals surface area contributed by atoms with E-state index in [9.17, 15) is 22.8 Å². The summed E-state index contributed by atoms with van der Waals surface area (Å²) >= 11 is 0. The Labute approximate surface area is 202 Å². The van der Waals surface area contributed by atoms with Crippen LogP contribution < -0.4 is 10.1 Å². The fraction of sp³-hybridized carbons (Fsp3) is 0.462. The third-order valence-corrected chi connectivity index (χ3v) is 7.00. The van der Waals surface area contributed by atoms with E-state index in [2.05, 4.69) is 10.2 Å². The molecule has 1 heterocycles. The third-order valence-electron chi connectivity index (χ3n) is 7.00. The average Bonchev–Trinajstić information content (AvgIpc) is 3.25. The molecule has 1 saturated carbocycles. The van der Waals surface area contributed by atoms with Crippen LogP contribution in [0.4, 0.5) is 13.2 Å². The van der Waals surface area contributed by atoms with Gasteiger partial charge in [-0.2, -0.15) is 13.2 Å². The molecule has 6 nitrogen and oxygen atoms in total. The van der Waals surface area contributed by atoms with Crippen molar-refractivity contribution in [1.29, 1.82) is 0 Å². The molecule has 0 aromatic heterocycles. The highest BCUT2D eigenvalue weighted by Gasteiger charge is 2.51. The first-order valence-corrected chi connectivity index (χ1v) is 11.7. The summed E-state index contributed by atoms with van der Waals surface area (Å²) < 4.78 is 49.6. The molecule has 2 aromatic rings. The number of hydrogen-bond acceptors (Lipinski definition) is 5. The first-order chi connectivity index (χ1) is 16.6. The number of nitrogens with zero attached hydrogens (tertiary/aromatic N) is 1. The van der Waals surface area contributed by atoms with Crippen LogP contribution in [-0.2, 0) is 15.7 Å². The molecule has 1 aliphatic heterocycles. The molecule has 0 radical (unpaired) electrons. The normalized spacial score (nSPS) is 20.5. The minimum Gasteiger partial charge on any atom is -0.489 e. The number of esters is 1. The molecule has 35 heavy (non-hydrogen) atoms. The van der Waals surface area contributed by atoms with Gasteiger partial charge < -0.3 is 14.8 Å². The lowest BCUT2D eigenvalue weighted by Gasteiger charge is -2.47. The summed E-state index contributed by atoms with van der Waals surface area (Å²) in [4.78, 5) is 27.1. The Kier molecular flexibility index (Phi) is 7.07. The molecule has 9 heteroatoms. The second-order valence-electron chi connectivity index (χ2n) is 9.19. The van der Waals surface area contributed by atoms with Gasteiger partial charge in [-0.05, 0) is 68.5 Å². The molecule has 2 fully saturated rings. The van der Waals surface area contributed by atoms with Crippen molar-refractivity contribution in [2.75, 3.05) is 20.2 Å². The molecule has 2 atom stereocenters. The van der Waals surface area contributed by atoms with Crippen LogP contribution in [0.25, 0.3) is 0 Å². The topological polar surface area (TPSA) is 67.9 Å². The second kappa shape index (κ2) is 9.89. The van der Waals surface area contributed by atoms with E-state index in [1.54, 1.807) is 24.3 Å². The zero-order chi connectivity index (χ0) is 25.2. The van der Waals surface area contributed by atoms with Gasteiger partial charge in [-0.3, -0.25) is 9.69 Å². The van der Waals surface area contributed by atoms with Gasteiger partial charge in [0.1, 0.15) is 17.4 Å². The first-order valence-electron chi connectivity index (χ1n) is 11.7. The summed E-state index contributed by atoms with van der Waals surface area (Å²) in [7, 11) is 1.32. The van der Waals surface area contributed by atoms with Gasteiger partial charge >= 0.3 is 12.1 Å². The predicted octanol–water partition coefficient (Wildman–Crippen LogP) is 4.75. The van der Waals surface area contributed by atoms with E-state index in [0.29, 0.717) is 25.1 Å². The van der Waals surface area contributed by atoms with E-state index in [4.69, 9.17) is 9.47 Å². The smallest absolute Gasteiger partial charge is 0.416 e. The van der Waals surface area contributed by atoms with Crippen molar-refractivity contribution in [3.8, 4) is 5.75 Å². The first kappa shape index (κ1) is 25.0. The van der Waals surface area contributed by atoms with Gasteiger partial charge in [0.05, 0.1) is 24.3 Å². The van der Waals surface area contributed by atoms with Crippen molar-refractivity contribution in [3.05, 3.63) is 65.2 Å². The number of hydrogen-bond donors (Lipinski definition) is 1. The molecule has 1 saturated heterocycles. The lowest BCUT2D eigenvalue weighted by Crippen LogP contribution is -2.62. The number of carbonyl (C=O) groups excluding carboxylic acids is 2. The van der Waals surface area contributed by atoms with Crippen LogP contribution in [0.5, 0.6) is 5.75 Å². The number of amides is 1. The van der Waals surface area contributed by atoms with Gasteiger partial charge in [0.25, 0.3) is 0 Å². The van der Waals surface area contributed by atoms with Crippen LogP contribution in [0.2, 0.25) is 0 Å². The van der Waals surface area contributed by atoms with Gasteiger partial charge in [0, 0.05) is 13.1 Å². The van der Waals surface area contributed by atoms with Crippen molar-refractivity contribution in [2.24, 2.45) is 0 Å². The molecule has 2 aliphatic rings. The minimum atomic E-state index is -4.43. The third kappa shape index (κ3) is 5.29. The Bertz CT molecular complexity index is 1070. The Hall–Kier alpha value is -3.07. The monoisotopic (exact) mass is 490 g/mol. The highest BCUT2D eigenvalue weighted by Crippen LogP contribution is 2.41. The number of carbonyl (C=O) groups is 2. The summed E-state index contributed by atoms with van der Waals surface area (Å²) in [5.74, 6) is -0.298. The van der Waals surface area contributed by atoms with Gasteiger partial charge in [-0.25, -0.2) is 4.79 Å². The Balaban J connectivity index is 1.38. The van der Waals surface area contributed by atoms with E-state index < -0.39 is 23.2 Å². The van der Waals surface area contributed by atoms with Gasteiger partial charge in [0.15, 0.2) is 0 Å². The molecule has 1 N–H and O–H groups in total. The zero-order valence-electron chi connectivity index (χ0n) is 19.7. The standard InChI is InChI=1S/C26H29F3N2O4/c1-17(18-7-9-19(10-8-18)23(32)34-2)30-24(33)25(12-4-13-25)31-14-11-22(16-31)35-21-6-3-5-20(15-21)26(27,28)29/h3,5-10,15,17,22H,4,11-14,16H2,1-2H3,(H,30,33)/t17?,22-/m1/s1. The van der Waals surface area contributed by atoms with Gasteiger partial charge in [-0.1, -0.05) is 18.2 Å². The van der Waals surface area contributed by atoms with Crippen LogP contribution in [0.1, 0.15) is 60.1 Å². The Morgan fingerprint density at radius 2 is 1.86 bits per heavy atom.